The molecule has 0 radical (unpaired) electrons. The summed E-state index contributed by atoms with van der Waals surface area (Å²) in [4.78, 5) is 6.64. The number of benzene rings is 2. The Labute approximate surface area is 204 Å². The van der Waals surface area contributed by atoms with Crippen molar-refractivity contribution in [1.82, 2.24) is 9.88 Å². The van der Waals surface area contributed by atoms with Crippen LogP contribution in [0.25, 0.3) is 11.3 Å². The van der Waals surface area contributed by atoms with Crippen molar-refractivity contribution in [3.05, 3.63) is 95.0 Å². The second-order valence-corrected chi connectivity index (χ2v) is 11.1. The summed E-state index contributed by atoms with van der Waals surface area (Å²) in [5.74, 6) is -0.784. The number of aromatic nitrogens is 1. The molecule has 2 atom stereocenters. The number of sulfonamides is 1. The van der Waals surface area contributed by atoms with E-state index in [0.717, 1.165) is 11.1 Å². The minimum atomic E-state index is -3.69. The van der Waals surface area contributed by atoms with Gasteiger partial charge in [-0.1, -0.05) is 18.2 Å². The Kier molecular flexibility index (Phi) is 5.97. The smallest absolute Gasteiger partial charge is 0.258 e. The van der Waals surface area contributed by atoms with Gasteiger partial charge in [0.25, 0.3) is 10.0 Å². The molecule has 3 heterocycles. The largest absolute Gasteiger partial charge is 0.296 e. The fourth-order valence-electron chi connectivity index (χ4n) is 5.33. The molecule has 2 aromatic carbocycles. The van der Waals surface area contributed by atoms with Crippen LogP contribution in [0.4, 0.5) is 14.5 Å². The van der Waals surface area contributed by atoms with E-state index >= 15 is 0 Å². The number of hydrogen-bond donors (Lipinski definition) is 0. The topological polar surface area (TPSA) is 53.5 Å². The molecule has 0 N–H and O–H groups in total. The van der Waals surface area contributed by atoms with Crippen LogP contribution in [-0.4, -0.2) is 36.4 Å². The van der Waals surface area contributed by atoms with Crippen LogP contribution in [0.15, 0.2) is 72.3 Å². The molecule has 0 bridgehead atoms. The molecule has 5 nitrogen and oxygen atoms in total. The molecule has 35 heavy (non-hydrogen) atoms. The van der Waals surface area contributed by atoms with Crippen molar-refractivity contribution in [3.63, 3.8) is 0 Å². The molecule has 0 amide bonds. The van der Waals surface area contributed by atoms with Gasteiger partial charge in [-0.2, -0.15) is 0 Å². The number of nitrogens with zero attached hydrogens (tertiary/aromatic N) is 3. The Morgan fingerprint density at radius 1 is 1.11 bits per heavy atom. The summed E-state index contributed by atoms with van der Waals surface area (Å²) in [6.07, 6.45) is 4.54. The number of aryl methyl sites for hydroxylation is 1. The van der Waals surface area contributed by atoms with E-state index in [4.69, 9.17) is 0 Å². The van der Waals surface area contributed by atoms with Crippen molar-refractivity contribution in [2.75, 3.05) is 10.8 Å². The van der Waals surface area contributed by atoms with Crippen LogP contribution >= 0.6 is 0 Å². The van der Waals surface area contributed by atoms with E-state index in [-0.39, 0.29) is 11.9 Å². The average Bonchev–Trinajstić information content (AvgIpc) is 3.07. The Morgan fingerprint density at radius 2 is 1.94 bits per heavy atom. The maximum Gasteiger partial charge on any atom is 0.258 e. The lowest BCUT2D eigenvalue weighted by molar-refractivity contribution is 0.119. The molecule has 0 unspecified atom stereocenters. The number of halogens is 2. The van der Waals surface area contributed by atoms with E-state index in [9.17, 15) is 17.2 Å². The fraction of sp³-hybridized carbons (Fsp3) is 0.296. The zero-order chi connectivity index (χ0) is 24.8. The minimum Gasteiger partial charge on any atom is -0.296 e. The molecule has 182 valence electrons. The lowest BCUT2D eigenvalue weighted by Crippen LogP contribution is -2.56. The van der Waals surface area contributed by atoms with Crippen LogP contribution < -0.4 is 4.31 Å². The fourth-order valence-corrected chi connectivity index (χ4v) is 7.01. The molecular formula is C27H27F2N3O2S. The highest BCUT2D eigenvalue weighted by molar-refractivity contribution is 7.96. The van der Waals surface area contributed by atoms with E-state index in [1.165, 1.54) is 34.0 Å². The van der Waals surface area contributed by atoms with E-state index < -0.39 is 21.4 Å². The Bertz CT molecular complexity index is 1410. The molecule has 8 heteroatoms. The lowest BCUT2D eigenvalue weighted by atomic mass is 9.83. The summed E-state index contributed by atoms with van der Waals surface area (Å²) in [6, 6.07) is 14.6. The highest BCUT2D eigenvalue weighted by Gasteiger charge is 2.49. The second kappa shape index (κ2) is 8.84. The van der Waals surface area contributed by atoms with Gasteiger partial charge in [0.05, 0.1) is 16.9 Å². The first kappa shape index (κ1) is 23.6. The SMILES string of the molecule is Cc1cccnc1-c1cc(CN2CC[C@]3(C=CS(=O)(=O)N3c3cccc(F)c3)C[C@@H]2C)ccc1F. The Hall–Kier alpha value is -3.10. The van der Waals surface area contributed by atoms with Gasteiger partial charge in [0.2, 0.25) is 0 Å². The van der Waals surface area contributed by atoms with Crippen LogP contribution in [0.2, 0.25) is 0 Å². The van der Waals surface area contributed by atoms with Crippen molar-refractivity contribution in [2.45, 2.75) is 44.8 Å². The molecule has 5 rings (SSSR count). The first-order valence-corrected chi connectivity index (χ1v) is 13.1. The van der Waals surface area contributed by atoms with E-state index in [1.54, 1.807) is 24.4 Å². The Morgan fingerprint density at radius 3 is 2.69 bits per heavy atom. The standard InChI is InChI=1S/C27H27F2N3O2S/c1-19-5-4-12-30-26(19)24-15-21(8-9-25(24)29)18-31-13-10-27(17-20(31)2)11-14-35(33,34)32(27)23-7-3-6-22(28)16-23/h3-9,11-12,14-16,20H,10,13,17-18H2,1-2H3/t20-,27-/m0/s1. The predicted molar refractivity (Wildman–Crippen MR) is 133 cm³/mol. The molecule has 1 fully saturated rings. The first-order valence-electron chi connectivity index (χ1n) is 11.6. The zero-order valence-electron chi connectivity index (χ0n) is 19.7. The molecule has 0 aliphatic carbocycles. The molecule has 1 saturated heterocycles. The summed E-state index contributed by atoms with van der Waals surface area (Å²) in [5, 5.41) is 1.24. The third kappa shape index (κ3) is 4.36. The number of piperidine rings is 1. The van der Waals surface area contributed by atoms with Gasteiger partial charge < -0.3 is 0 Å². The maximum absolute atomic E-state index is 14.6. The molecular weight excluding hydrogens is 468 g/mol. The second-order valence-electron chi connectivity index (χ2n) is 9.45. The number of hydrogen-bond acceptors (Lipinski definition) is 4. The summed E-state index contributed by atoms with van der Waals surface area (Å²) in [5.41, 5.74) is 2.58. The van der Waals surface area contributed by atoms with Crippen LogP contribution in [0, 0.1) is 18.6 Å². The minimum absolute atomic E-state index is 0.0443. The van der Waals surface area contributed by atoms with Crippen LogP contribution in [-0.2, 0) is 16.6 Å². The lowest BCUT2D eigenvalue weighted by Gasteiger charge is -2.47. The molecule has 1 aromatic heterocycles. The van der Waals surface area contributed by atoms with Gasteiger partial charge in [-0.05, 0) is 80.3 Å². The highest BCUT2D eigenvalue weighted by atomic mass is 32.2. The van der Waals surface area contributed by atoms with Crippen molar-refractivity contribution in [1.29, 1.82) is 0 Å². The van der Waals surface area contributed by atoms with E-state index in [1.807, 2.05) is 25.1 Å². The van der Waals surface area contributed by atoms with Crippen molar-refractivity contribution < 1.29 is 17.2 Å². The van der Waals surface area contributed by atoms with Gasteiger partial charge in [-0.25, -0.2) is 17.2 Å². The van der Waals surface area contributed by atoms with Crippen LogP contribution in [0.5, 0.6) is 0 Å². The summed E-state index contributed by atoms with van der Waals surface area (Å²) in [6.45, 7) is 5.22. The van der Waals surface area contributed by atoms with Crippen LogP contribution in [0.3, 0.4) is 0 Å². The number of rotatable bonds is 4. The van der Waals surface area contributed by atoms with Crippen molar-refractivity contribution in [3.8, 4) is 11.3 Å². The third-order valence-corrected chi connectivity index (χ3v) is 8.60. The van der Waals surface area contributed by atoms with E-state index in [0.29, 0.717) is 42.9 Å². The van der Waals surface area contributed by atoms with E-state index in [2.05, 4.69) is 16.8 Å². The molecule has 2 aliphatic heterocycles. The summed E-state index contributed by atoms with van der Waals surface area (Å²) < 4.78 is 55.8. The van der Waals surface area contributed by atoms with Gasteiger partial charge in [0.1, 0.15) is 11.6 Å². The first-order chi connectivity index (χ1) is 16.7. The molecule has 0 saturated carbocycles. The number of anilines is 1. The van der Waals surface area contributed by atoms with Gasteiger partial charge in [0.15, 0.2) is 0 Å². The number of likely N-dealkylation sites (tertiary alicyclic amines) is 1. The zero-order valence-corrected chi connectivity index (χ0v) is 20.5. The number of pyridine rings is 1. The normalized spacial score (nSPS) is 23.8. The molecule has 2 aliphatic rings. The van der Waals surface area contributed by atoms with Gasteiger partial charge >= 0.3 is 0 Å². The predicted octanol–water partition coefficient (Wildman–Crippen LogP) is 5.42. The monoisotopic (exact) mass is 495 g/mol. The molecule has 1 spiro atoms. The highest BCUT2D eigenvalue weighted by Crippen LogP contribution is 2.43. The summed E-state index contributed by atoms with van der Waals surface area (Å²) >= 11 is 0. The van der Waals surface area contributed by atoms with Crippen LogP contribution in [0.1, 0.15) is 30.9 Å². The van der Waals surface area contributed by atoms with Gasteiger partial charge in [0, 0.05) is 36.3 Å². The van der Waals surface area contributed by atoms with Crippen molar-refractivity contribution in [2.24, 2.45) is 0 Å². The maximum atomic E-state index is 14.6. The van der Waals surface area contributed by atoms with Crippen molar-refractivity contribution >= 4 is 15.7 Å². The molecule has 3 aromatic rings. The average molecular weight is 496 g/mol. The summed E-state index contributed by atoms with van der Waals surface area (Å²) in [7, 11) is -3.69. The Balaban J connectivity index is 1.39. The third-order valence-electron chi connectivity index (χ3n) is 7.04. The quantitative estimate of drug-likeness (QED) is 0.485. The van der Waals surface area contributed by atoms with Gasteiger partial charge in [-0.3, -0.25) is 14.2 Å². The van der Waals surface area contributed by atoms with Gasteiger partial charge in [-0.15, -0.1) is 0 Å².